The van der Waals surface area contributed by atoms with Crippen LogP contribution in [-0.4, -0.2) is 43.0 Å². The third-order valence-electron chi connectivity index (χ3n) is 5.10. The Morgan fingerprint density at radius 3 is 2.88 bits per heavy atom. The lowest BCUT2D eigenvalue weighted by Crippen LogP contribution is -2.47. The largest absolute Gasteiger partial charge is 0.492 e. The predicted octanol–water partition coefficient (Wildman–Crippen LogP) is 3.72. The average Bonchev–Trinajstić information content (AvgIpc) is 2.76. The molecule has 166 valence electrons. The number of fused-ring (bicyclic) bond motifs is 1. The zero-order valence-electron chi connectivity index (χ0n) is 17.2. The van der Waals surface area contributed by atoms with Crippen LogP contribution in [0, 0.1) is 0 Å². The van der Waals surface area contributed by atoms with Crippen molar-refractivity contribution in [2.45, 2.75) is 6.92 Å². The van der Waals surface area contributed by atoms with E-state index in [0.29, 0.717) is 57.8 Å². The van der Waals surface area contributed by atoms with E-state index in [2.05, 4.69) is 15.6 Å². The minimum absolute atomic E-state index is 0.0770. The quantitative estimate of drug-likeness (QED) is 0.503. The maximum atomic E-state index is 12.2. The van der Waals surface area contributed by atoms with Crippen molar-refractivity contribution in [2.24, 2.45) is 5.73 Å². The number of carbonyl (C=O) groups excluding carboxylic acids is 2. The Bertz CT molecular complexity index is 1220. The molecule has 1 aliphatic rings. The molecule has 2 heterocycles. The van der Waals surface area contributed by atoms with Gasteiger partial charge in [0.1, 0.15) is 5.75 Å². The number of pyridine rings is 1. The van der Waals surface area contributed by atoms with Crippen LogP contribution in [0.25, 0.3) is 10.9 Å². The van der Waals surface area contributed by atoms with Crippen LogP contribution in [0.3, 0.4) is 0 Å². The summed E-state index contributed by atoms with van der Waals surface area (Å²) in [6, 6.07) is 8.79. The van der Waals surface area contributed by atoms with E-state index >= 15 is 0 Å². The van der Waals surface area contributed by atoms with Crippen LogP contribution in [-0.2, 0) is 4.79 Å². The maximum absolute atomic E-state index is 12.2. The summed E-state index contributed by atoms with van der Waals surface area (Å²) < 4.78 is 5.84. The summed E-state index contributed by atoms with van der Waals surface area (Å²) in [5.41, 5.74) is 8.10. The van der Waals surface area contributed by atoms with Crippen LogP contribution in [0.15, 0.2) is 36.5 Å². The highest BCUT2D eigenvalue weighted by Crippen LogP contribution is 2.39. The molecule has 4 rings (SSSR count). The Kier molecular flexibility index (Phi) is 6.25. The van der Waals surface area contributed by atoms with Gasteiger partial charge in [-0.3, -0.25) is 14.6 Å². The van der Waals surface area contributed by atoms with Crippen molar-refractivity contribution in [3.05, 3.63) is 52.1 Å². The molecule has 1 fully saturated rings. The number of aromatic nitrogens is 1. The molecule has 2 amide bonds. The van der Waals surface area contributed by atoms with Gasteiger partial charge in [-0.1, -0.05) is 29.3 Å². The van der Waals surface area contributed by atoms with Gasteiger partial charge in [-0.05, 0) is 25.1 Å². The molecule has 0 bridgehead atoms. The van der Waals surface area contributed by atoms with E-state index in [1.807, 2.05) is 17.9 Å². The second-order valence-corrected chi connectivity index (χ2v) is 7.96. The van der Waals surface area contributed by atoms with E-state index in [9.17, 15) is 9.59 Å². The molecule has 8 nitrogen and oxygen atoms in total. The maximum Gasteiger partial charge on any atom is 0.252 e. The van der Waals surface area contributed by atoms with Gasteiger partial charge in [0.2, 0.25) is 5.91 Å². The third-order valence-corrected chi connectivity index (χ3v) is 5.92. The SMILES string of the molecule is CCOc1cc2ncc(C(N)=O)c(Nc3cccc(Cl)c3Cl)c2cc1N1CCNC(=O)C1. The molecule has 0 radical (unpaired) electrons. The van der Waals surface area contributed by atoms with E-state index < -0.39 is 5.91 Å². The van der Waals surface area contributed by atoms with Crippen LogP contribution in [0.4, 0.5) is 17.1 Å². The van der Waals surface area contributed by atoms with Crippen molar-refractivity contribution < 1.29 is 14.3 Å². The van der Waals surface area contributed by atoms with Gasteiger partial charge in [0.15, 0.2) is 0 Å². The van der Waals surface area contributed by atoms with Crippen molar-refractivity contribution >= 4 is 63.0 Å². The molecule has 0 unspecified atom stereocenters. The number of hydrogen-bond acceptors (Lipinski definition) is 6. The number of halogens is 2. The van der Waals surface area contributed by atoms with E-state index in [0.717, 1.165) is 5.69 Å². The monoisotopic (exact) mass is 473 g/mol. The zero-order chi connectivity index (χ0) is 22.8. The number of carbonyl (C=O) groups is 2. The molecule has 2 aromatic carbocycles. The number of nitrogens with zero attached hydrogens (tertiary/aromatic N) is 2. The first kappa shape index (κ1) is 22.0. The van der Waals surface area contributed by atoms with E-state index in [1.54, 1.807) is 24.3 Å². The standard InChI is InChI=1S/C22H21Cl2N5O3/c1-2-32-18-9-16-12(8-17(18)29-7-6-26-19(30)11-29)21(13(10-27-16)22(25)31)28-15-5-3-4-14(23)20(15)24/h3-5,8-10H,2,6-7,11H2,1H3,(H2,25,31)(H,26,30)(H,27,28). The Morgan fingerprint density at radius 1 is 1.34 bits per heavy atom. The van der Waals surface area contributed by atoms with Gasteiger partial charge < -0.3 is 26.0 Å². The van der Waals surface area contributed by atoms with Crippen molar-refractivity contribution in [3.63, 3.8) is 0 Å². The number of amides is 2. The number of rotatable bonds is 6. The Hall–Kier alpha value is -3.23. The summed E-state index contributed by atoms with van der Waals surface area (Å²) in [5, 5.41) is 7.33. The first-order valence-electron chi connectivity index (χ1n) is 10.0. The fourth-order valence-corrected chi connectivity index (χ4v) is 3.98. The second-order valence-electron chi connectivity index (χ2n) is 7.18. The predicted molar refractivity (Wildman–Crippen MR) is 126 cm³/mol. The first-order valence-corrected chi connectivity index (χ1v) is 10.8. The highest BCUT2D eigenvalue weighted by Gasteiger charge is 2.23. The summed E-state index contributed by atoms with van der Waals surface area (Å²) in [7, 11) is 0. The van der Waals surface area contributed by atoms with Gasteiger partial charge in [0.05, 0.1) is 51.3 Å². The lowest BCUT2D eigenvalue weighted by molar-refractivity contribution is -0.120. The molecule has 0 aliphatic carbocycles. The first-order chi connectivity index (χ1) is 15.4. The summed E-state index contributed by atoms with van der Waals surface area (Å²) in [6.07, 6.45) is 1.41. The van der Waals surface area contributed by atoms with Crippen molar-refractivity contribution in [1.29, 1.82) is 0 Å². The number of anilines is 3. The molecule has 0 saturated carbocycles. The van der Waals surface area contributed by atoms with Crippen molar-refractivity contribution in [3.8, 4) is 5.75 Å². The molecule has 1 aromatic heterocycles. The number of nitrogens with one attached hydrogen (secondary N) is 2. The van der Waals surface area contributed by atoms with Crippen LogP contribution in [0.2, 0.25) is 10.0 Å². The molecule has 1 saturated heterocycles. The molecular weight excluding hydrogens is 453 g/mol. The van der Waals surface area contributed by atoms with Crippen molar-refractivity contribution in [2.75, 3.05) is 36.5 Å². The molecule has 32 heavy (non-hydrogen) atoms. The lowest BCUT2D eigenvalue weighted by Gasteiger charge is -2.30. The van der Waals surface area contributed by atoms with Crippen LogP contribution < -0.4 is 26.0 Å². The molecular formula is C22H21Cl2N5O3. The fraction of sp³-hybridized carbons (Fsp3) is 0.227. The number of nitrogens with two attached hydrogens (primary N) is 1. The minimum Gasteiger partial charge on any atom is -0.492 e. The smallest absolute Gasteiger partial charge is 0.252 e. The summed E-state index contributed by atoms with van der Waals surface area (Å²) in [5.74, 6) is -0.125. The van der Waals surface area contributed by atoms with Crippen LogP contribution in [0.5, 0.6) is 5.75 Å². The molecule has 3 aromatic rings. The van der Waals surface area contributed by atoms with Gasteiger partial charge in [-0.2, -0.15) is 0 Å². The molecule has 0 spiro atoms. The highest BCUT2D eigenvalue weighted by atomic mass is 35.5. The Morgan fingerprint density at radius 2 is 2.16 bits per heavy atom. The normalized spacial score (nSPS) is 13.7. The topological polar surface area (TPSA) is 110 Å². The molecule has 0 atom stereocenters. The summed E-state index contributed by atoms with van der Waals surface area (Å²) in [6.45, 7) is 3.65. The Labute approximate surface area is 194 Å². The van der Waals surface area contributed by atoms with E-state index in [1.165, 1.54) is 6.20 Å². The van der Waals surface area contributed by atoms with Crippen LogP contribution >= 0.6 is 23.2 Å². The third kappa shape index (κ3) is 4.24. The van der Waals surface area contributed by atoms with Crippen LogP contribution in [0.1, 0.15) is 17.3 Å². The van der Waals surface area contributed by atoms with Gasteiger partial charge in [0, 0.05) is 30.7 Å². The highest BCUT2D eigenvalue weighted by molar-refractivity contribution is 6.43. The molecule has 1 aliphatic heterocycles. The molecule has 4 N–H and O–H groups in total. The second kappa shape index (κ2) is 9.10. The summed E-state index contributed by atoms with van der Waals surface area (Å²) >= 11 is 12.5. The summed E-state index contributed by atoms with van der Waals surface area (Å²) in [4.78, 5) is 30.5. The number of piperazine rings is 1. The lowest BCUT2D eigenvalue weighted by atomic mass is 10.1. The zero-order valence-corrected chi connectivity index (χ0v) is 18.8. The molecule has 10 heteroatoms. The Balaban J connectivity index is 1.92. The van der Waals surface area contributed by atoms with Gasteiger partial charge in [-0.25, -0.2) is 0 Å². The average molecular weight is 474 g/mol. The van der Waals surface area contributed by atoms with Gasteiger partial charge in [-0.15, -0.1) is 0 Å². The van der Waals surface area contributed by atoms with E-state index in [4.69, 9.17) is 33.7 Å². The minimum atomic E-state index is -0.646. The number of ether oxygens (including phenoxy) is 1. The fourth-order valence-electron chi connectivity index (χ4n) is 3.63. The number of benzene rings is 2. The number of primary amides is 1. The number of hydrogen-bond donors (Lipinski definition) is 3. The van der Waals surface area contributed by atoms with Gasteiger partial charge in [0.25, 0.3) is 5.91 Å². The van der Waals surface area contributed by atoms with E-state index in [-0.39, 0.29) is 18.0 Å². The van der Waals surface area contributed by atoms with Crippen molar-refractivity contribution in [1.82, 2.24) is 10.3 Å². The van der Waals surface area contributed by atoms with Gasteiger partial charge >= 0.3 is 0 Å².